The van der Waals surface area contributed by atoms with Gasteiger partial charge in [-0.3, -0.25) is 4.79 Å². The Morgan fingerprint density at radius 1 is 1.22 bits per heavy atom. The summed E-state index contributed by atoms with van der Waals surface area (Å²) in [6.07, 6.45) is 0.234. The minimum Gasteiger partial charge on any atom is -0.444 e. The van der Waals surface area contributed by atoms with Gasteiger partial charge in [0.05, 0.1) is 12.1 Å². The van der Waals surface area contributed by atoms with Crippen molar-refractivity contribution >= 4 is 20.9 Å². The molecule has 0 radical (unpaired) electrons. The zero-order valence-electron chi connectivity index (χ0n) is 15.9. The number of hydrogen-bond acceptors (Lipinski definition) is 4. The van der Waals surface area contributed by atoms with Gasteiger partial charge in [0.15, 0.2) is 9.04 Å². The number of likely N-dealkylation sites (tertiary alicyclic amines) is 1. The molecule has 134 valence electrons. The first-order chi connectivity index (χ1) is 10.3. The van der Waals surface area contributed by atoms with Crippen LogP contribution in [-0.4, -0.2) is 50.1 Å². The number of ether oxygens (including phenoxy) is 1. The number of amides is 1. The lowest BCUT2D eigenvalue weighted by Gasteiger charge is -2.45. The van der Waals surface area contributed by atoms with Crippen molar-refractivity contribution in [3.05, 3.63) is 0 Å². The van der Waals surface area contributed by atoms with Crippen LogP contribution in [0.15, 0.2) is 0 Å². The van der Waals surface area contributed by atoms with Crippen LogP contribution >= 0.6 is 0 Å². The molecular weight excluding hydrogens is 310 g/mol. The van der Waals surface area contributed by atoms with E-state index in [9.17, 15) is 9.59 Å². The van der Waals surface area contributed by atoms with Gasteiger partial charge in [0, 0.05) is 19.4 Å². The lowest BCUT2D eigenvalue weighted by Crippen LogP contribution is -2.57. The number of nitrogens with zero attached hydrogens (tertiary/aromatic N) is 1. The molecule has 5 nitrogen and oxygen atoms in total. The molecule has 2 atom stereocenters. The Balaban J connectivity index is 3.07. The maximum atomic E-state index is 12.6. The predicted molar refractivity (Wildman–Crippen MR) is 94.2 cm³/mol. The Labute approximate surface area is 142 Å². The summed E-state index contributed by atoms with van der Waals surface area (Å²) in [6, 6.07) is -0.249. The zero-order valence-corrected chi connectivity index (χ0v) is 17.1. The van der Waals surface area contributed by atoms with Crippen molar-refractivity contribution < 1.29 is 18.8 Å². The van der Waals surface area contributed by atoms with Crippen molar-refractivity contribution in [3.8, 4) is 0 Å². The summed E-state index contributed by atoms with van der Waals surface area (Å²) in [7, 11) is -1.31. The second kappa shape index (κ2) is 7.34. The number of hydrogen-bond donors (Lipinski definition) is 0. The fraction of sp³-hybridized carbons (Fsp3) is 0.882. The van der Waals surface area contributed by atoms with Crippen molar-refractivity contribution in [1.29, 1.82) is 0 Å². The largest absolute Gasteiger partial charge is 0.444 e. The van der Waals surface area contributed by atoms with Gasteiger partial charge in [-0.2, -0.15) is 0 Å². The molecule has 0 bridgehead atoms. The van der Waals surface area contributed by atoms with Gasteiger partial charge in [-0.15, -0.1) is 0 Å². The third kappa shape index (κ3) is 6.26. The van der Waals surface area contributed by atoms with Crippen LogP contribution in [0.2, 0.25) is 13.1 Å². The van der Waals surface area contributed by atoms with Crippen molar-refractivity contribution in [2.75, 3.05) is 6.54 Å². The van der Waals surface area contributed by atoms with Crippen LogP contribution in [0.3, 0.4) is 0 Å². The molecule has 0 aromatic carbocycles. The molecule has 0 aromatic heterocycles. The van der Waals surface area contributed by atoms with Crippen LogP contribution in [0.25, 0.3) is 0 Å². The molecule has 0 N–H and O–H groups in total. The van der Waals surface area contributed by atoms with E-state index in [0.717, 1.165) is 0 Å². The second-order valence-corrected chi connectivity index (χ2v) is 11.1. The van der Waals surface area contributed by atoms with Crippen LogP contribution in [0.4, 0.5) is 4.79 Å². The topological polar surface area (TPSA) is 55.8 Å². The van der Waals surface area contributed by atoms with Crippen molar-refractivity contribution in [2.45, 2.75) is 85.2 Å². The van der Waals surface area contributed by atoms with E-state index in [1.165, 1.54) is 0 Å². The fourth-order valence-electron chi connectivity index (χ4n) is 2.84. The predicted octanol–water partition coefficient (Wildman–Crippen LogP) is 3.37. The number of piperidine rings is 1. The first kappa shape index (κ1) is 20.2. The Bertz CT molecular complexity index is 437. The van der Waals surface area contributed by atoms with E-state index in [0.29, 0.717) is 19.4 Å². The smallest absolute Gasteiger partial charge is 0.410 e. The Kier molecular flexibility index (Phi) is 6.44. The second-order valence-electron chi connectivity index (χ2n) is 8.71. The summed E-state index contributed by atoms with van der Waals surface area (Å²) in [5.74, 6) is 0.193. The molecule has 0 aliphatic carbocycles. The molecule has 23 heavy (non-hydrogen) atoms. The average Bonchev–Trinajstić information content (AvgIpc) is 2.31. The molecule has 1 unspecified atom stereocenters. The lowest BCUT2D eigenvalue weighted by molar-refractivity contribution is -0.126. The molecule has 1 rings (SSSR count). The van der Waals surface area contributed by atoms with Gasteiger partial charge in [0.2, 0.25) is 0 Å². The molecule has 1 amide bonds. The van der Waals surface area contributed by atoms with Crippen molar-refractivity contribution in [1.82, 2.24) is 4.90 Å². The van der Waals surface area contributed by atoms with Crippen molar-refractivity contribution in [3.63, 3.8) is 0 Å². The first-order valence-electron chi connectivity index (χ1n) is 8.48. The molecule has 0 aromatic rings. The number of rotatable bonds is 3. The van der Waals surface area contributed by atoms with E-state index in [1.807, 2.05) is 20.8 Å². The van der Waals surface area contributed by atoms with Gasteiger partial charge in [-0.05, 0) is 39.3 Å². The van der Waals surface area contributed by atoms with Crippen LogP contribution in [0.1, 0.15) is 54.4 Å². The molecule has 1 aliphatic heterocycles. The summed E-state index contributed by atoms with van der Waals surface area (Å²) < 4.78 is 11.8. The van der Waals surface area contributed by atoms with Gasteiger partial charge >= 0.3 is 6.09 Å². The van der Waals surface area contributed by atoms with E-state index in [2.05, 4.69) is 33.9 Å². The van der Waals surface area contributed by atoms with Crippen LogP contribution < -0.4 is 0 Å². The summed E-state index contributed by atoms with van der Waals surface area (Å²) in [5.41, 5.74) is -0.701. The van der Waals surface area contributed by atoms with Gasteiger partial charge in [0.1, 0.15) is 11.4 Å². The van der Waals surface area contributed by atoms with Crippen molar-refractivity contribution in [2.24, 2.45) is 5.41 Å². The van der Waals surface area contributed by atoms with Crippen LogP contribution in [0.5, 0.6) is 0 Å². The molecule has 1 fully saturated rings. The summed E-state index contributed by atoms with van der Waals surface area (Å²) in [6.45, 7) is 16.5. The molecular formula is C17H33NO4Si. The van der Waals surface area contributed by atoms with E-state index >= 15 is 0 Å². The number of carbonyl (C=O) groups excluding carboxylic acids is 2. The van der Waals surface area contributed by atoms with E-state index in [-0.39, 0.29) is 29.4 Å². The lowest BCUT2D eigenvalue weighted by atomic mass is 9.81. The highest BCUT2D eigenvalue weighted by Gasteiger charge is 2.43. The minimum atomic E-state index is -1.31. The fourth-order valence-corrected chi connectivity index (χ4v) is 4.02. The third-order valence-electron chi connectivity index (χ3n) is 3.72. The van der Waals surface area contributed by atoms with Crippen LogP contribution in [-0.2, 0) is 14.0 Å². The third-order valence-corrected chi connectivity index (χ3v) is 4.56. The summed E-state index contributed by atoms with van der Waals surface area (Å²) in [4.78, 5) is 26.3. The van der Waals surface area contributed by atoms with Gasteiger partial charge in [-0.1, -0.05) is 20.8 Å². The number of carbonyl (C=O) groups is 2. The molecule has 0 saturated carbocycles. The normalized spacial score (nSPS) is 21.5. The Morgan fingerprint density at radius 2 is 1.78 bits per heavy atom. The molecule has 1 saturated heterocycles. The standard InChI is InChI=1S/C17H33NO4Si/c1-16(2,3)14(22-23(7)8)13-11-12(19)9-10-18(13)15(20)21-17(4,5)6/h13-14,23H,9-11H2,1-8H3/t13-,14?/m0/s1. The molecule has 1 heterocycles. The maximum Gasteiger partial charge on any atom is 0.410 e. The highest BCUT2D eigenvalue weighted by atomic mass is 28.3. The van der Waals surface area contributed by atoms with Gasteiger partial charge < -0.3 is 14.1 Å². The highest BCUT2D eigenvalue weighted by Crippen LogP contribution is 2.32. The Hall–Kier alpha value is -0.883. The molecule has 1 aliphatic rings. The monoisotopic (exact) mass is 343 g/mol. The minimum absolute atomic E-state index is 0.153. The molecule has 0 spiro atoms. The van der Waals surface area contributed by atoms with Gasteiger partial charge in [-0.25, -0.2) is 4.79 Å². The maximum absolute atomic E-state index is 12.6. The van der Waals surface area contributed by atoms with Gasteiger partial charge in [0.25, 0.3) is 0 Å². The van der Waals surface area contributed by atoms with E-state index < -0.39 is 14.6 Å². The first-order valence-corrected chi connectivity index (χ1v) is 11.3. The average molecular weight is 344 g/mol. The van der Waals surface area contributed by atoms with Crippen LogP contribution in [0, 0.1) is 5.41 Å². The zero-order chi connectivity index (χ0) is 18.0. The SMILES string of the molecule is C[SiH](C)OC([C@@H]1CC(=O)CCN1C(=O)OC(C)(C)C)C(C)(C)C. The summed E-state index contributed by atoms with van der Waals surface area (Å²) >= 11 is 0. The Morgan fingerprint density at radius 3 is 2.22 bits per heavy atom. The molecule has 6 heteroatoms. The number of Topliss-reactive ketones (excluding diaryl/α,β-unsaturated/α-hetero) is 1. The number of ketones is 1. The van der Waals surface area contributed by atoms with E-state index in [4.69, 9.17) is 9.16 Å². The quantitative estimate of drug-likeness (QED) is 0.737. The van der Waals surface area contributed by atoms with E-state index in [1.54, 1.807) is 4.90 Å². The summed E-state index contributed by atoms with van der Waals surface area (Å²) in [5, 5.41) is 0. The highest BCUT2D eigenvalue weighted by molar-refractivity contribution is 6.48.